The number of carbonyl (C=O) groups is 2. The molecule has 0 bridgehead atoms. The number of unbranched alkanes of at least 4 members (excludes halogenated alkanes) is 9. The average Bonchev–Trinajstić information content (AvgIpc) is 3.23. The molecule has 17 heteroatoms. The van der Waals surface area contributed by atoms with Crippen LogP contribution in [-0.4, -0.2) is 92.8 Å². The van der Waals surface area contributed by atoms with Gasteiger partial charge in [0.2, 0.25) is 0 Å². The summed E-state index contributed by atoms with van der Waals surface area (Å²) >= 11 is 0. The van der Waals surface area contributed by atoms with Crippen molar-refractivity contribution < 1.29 is 71.8 Å². The minimum Gasteiger partial charge on any atom is -0.462 e. The number of esters is 2. The maximum absolute atomic E-state index is 12.7. The highest BCUT2D eigenvalue weighted by Crippen LogP contribution is 2.43. The third kappa shape index (κ3) is 44.2. The summed E-state index contributed by atoms with van der Waals surface area (Å²) in [6.07, 6.45) is 39.2. The first-order valence-corrected chi connectivity index (χ1v) is 25.5. The molecule has 0 aliphatic rings. The predicted molar refractivity (Wildman–Crippen MR) is 246 cm³/mol. The lowest BCUT2D eigenvalue weighted by Gasteiger charge is -2.20. The summed E-state index contributed by atoms with van der Waals surface area (Å²) in [5.41, 5.74) is 0. The van der Waals surface area contributed by atoms with Crippen LogP contribution in [0, 0.1) is 0 Å². The molecule has 0 heterocycles. The molecule has 362 valence electrons. The lowest BCUT2D eigenvalue weighted by molar-refractivity contribution is -0.161. The highest BCUT2D eigenvalue weighted by atomic mass is 31.2. The molecule has 1 unspecified atom stereocenters. The molecule has 0 aromatic carbocycles. The standard InChI is InChI=1S/C46H78O15P2/c1-3-5-7-8-9-10-11-12-13-14-15-16-17-18-22-25-29-35-45(50)57-39-44(40-60-63(55,56)59-38-43(49)37-58-62(52,53)54)61-46(51)36-30-34-42(48)33-28-24-21-19-20-23-27-32-41(47)31-26-6-4-2/h9-10,12-13,15-16,20-21,23-24,27-28,32-33,41-44,47-49H,3-8,11,14,17-19,22,25-26,29-31,34-40H2,1-2H3,(H,55,56)(H2,52,53,54)/b10-9-,13-12-,16-15-,23-20-,24-21-,32-27+,33-28+/t41-,42-,43+,44-/m1/s1. The molecular weight excluding hydrogens is 854 g/mol. The third-order valence-electron chi connectivity index (χ3n) is 8.95. The van der Waals surface area contributed by atoms with Crippen LogP contribution in [0.4, 0.5) is 0 Å². The first-order chi connectivity index (χ1) is 30.2. The van der Waals surface area contributed by atoms with Gasteiger partial charge in [-0.3, -0.25) is 23.2 Å². The third-order valence-corrected chi connectivity index (χ3v) is 10.4. The van der Waals surface area contributed by atoms with Crippen LogP contribution in [0.25, 0.3) is 0 Å². The van der Waals surface area contributed by atoms with E-state index in [1.54, 1.807) is 24.3 Å². The fourth-order valence-corrected chi connectivity index (χ4v) is 6.61. The molecule has 63 heavy (non-hydrogen) atoms. The number of hydrogen-bond donors (Lipinski definition) is 6. The van der Waals surface area contributed by atoms with Crippen LogP contribution in [0.3, 0.4) is 0 Å². The van der Waals surface area contributed by atoms with Crippen LogP contribution in [0.1, 0.15) is 142 Å². The number of carbonyl (C=O) groups excluding carboxylic acids is 2. The number of aliphatic hydroxyl groups excluding tert-OH is 3. The minimum atomic E-state index is -4.90. The van der Waals surface area contributed by atoms with E-state index in [0.717, 1.165) is 70.6 Å². The van der Waals surface area contributed by atoms with Crippen molar-refractivity contribution in [2.45, 2.75) is 167 Å². The van der Waals surface area contributed by atoms with Gasteiger partial charge in [-0.05, 0) is 70.6 Å². The van der Waals surface area contributed by atoms with E-state index in [-0.39, 0.29) is 25.7 Å². The molecule has 0 radical (unpaired) electrons. The molecule has 0 rings (SSSR count). The van der Waals surface area contributed by atoms with Crippen molar-refractivity contribution in [3.05, 3.63) is 85.1 Å². The van der Waals surface area contributed by atoms with Gasteiger partial charge in [0.25, 0.3) is 0 Å². The second-order valence-corrected chi connectivity index (χ2v) is 17.7. The Labute approximate surface area is 376 Å². The maximum atomic E-state index is 12.7. The van der Waals surface area contributed by atoms with Gasteiger partial charge in [-0.25, -0.2) is 9.13 Å². The van der Waals surface area contributed by atoms with Crippen LogP contribution in [-0.2, 0) is 41.8 Å². The summed E-state index contributed by atoms with van der Waals surface area (Å²) < 4.78 is 47.6. The molecule has 0 fully saturated rings. The SMILES string of the molecule is CCCCC/C=C\C/C=C\C/C=C\CCCCCCC(=O)OC[C@H](COP(=O)(O)OC[C@@H](O)COP(=O)(O)O)OC(=O)CCC[C@H](O)/C=C/C=C\C/C=C\C=C\[C@H](O)CCCCC. The summed E-state index contributed by atoms with van der Waals surface area (Å²) in [6, 6.07) is 0. The number of hydrogen-bond acceptors (Lipinski definition) is 12. The van der Waals surface area contributed by atoms with Crippen LogP contribution in [0.2, 0.25) is 0 Å². The molecule has 0 amide bonds. The fourth-order valence-electron chi connectivity index (χ4n) is 5.45. The molecular formula is C46H78O15P2. The average molecular weight is 933 g/mol. The van der Waals surface area contributed by atoms with E-state index in [2.05, 4.69) is 59.4 Å². The normalized spacial score (nSPS) is 15.7. The van der Waals surface area contributed by atoms with Crippen LogP contribution < -0.4 is 0 Å². The molecule has 0 spiro atoms. The topological polar surface area (TPSA) is 236 Å². The second kappa shape index (κ2) is 40.7. The van der Waals surface area contributed by atoms with Gasteiger partial charge in [0.1, 0.15) is 12.7 Å². The van der Waals surface area contributed by atoms with E-state index in [1.165, 1.54) is 19.3 Å². The van der Waals surface area contributed by atoms with Gasteiger partial charge in [-0.1, -0.05) is 144 Å². The van der Waals surface area contributed by atoms with Crippen molar-refractivity contribution in [2.75, 3.05) is 26.4 Å². The first-order valence-electron chi connectivity index (χ1n) is 22.5. The van der Waals surface area contributed by atoms with Gasteiger partial charge in [0.15, 0.2) is 6.10 Å². The predicted octanol–water partition coefficient (Wildman–Crippen LogP) is 9.50. The highest BCUT2D eigenvalue weighted by Gasteiger charge is 2.28. The summed E-state index contributed by atoms with van der Waals surface area (Å²) in [5, 5.41) is 30.0. The first kappa shape index (κ1) is 60.2. The van der Waals surface area contributed by atoms with Crippen molar-refractivity contribution >= 4 is 27.6 Å². The van der Waals surface area contributed by atoms with E-state index >= 15 is 0 Å². The largest absolute Gasteiger partial charge is 0.472 e. The molecule has 5 atom stereocenters. The highest BCUT2D eigenvalue weighted by molar-refractivity contribution is 7.47. The number of aliphatic hydroxyl groups is 3. The zero-order chi connectivity index (χ0) is 46.9. The second-order valence-electron chi connectivity index (χ2n) is 15.0. The van der Waals surface area contributed by atoms with Crippen molar-refractivity contribution in [1.82, 2.24) is 0 Å². The minimum absolute atomic E-state index is 0.115. The number of ether oxygens (including phenoxy) is 2. The zero-order valence-corrected chi connectivity index (χ0v) is 39.4. The molecule has 6 N–H and O–H groups in total. The van der Waals surface area contributed by atoms with E-state index in [0.29, 0.717) is 12.8 Å². The molecule has 0 aromatic rings. The Morgan fingerprint density at radius 2 is 1.02 bits per heavy atom. The Bertz CT molecular complexity index is 1470. The zero-order valence-electron chi connectivity index (χ0n) is 37.6. The van der Waals surface area contributed by atoms with Gasteiger partial charge >= 0.3 is 27.6 Å². The number of phosphoric ester groups is 2. The van der Waals surface area contributed by atoms with Crippen molar-refractivity contribution in [1.29, 1.82) is 0 Å². The molecule has 15 nitrogen and oxygen atoms in total. The summed E-state index contributed by atoms with van der Waals surface area (Å²) in [7, 11) is -9.78. The van der Waals surface area contributed by atoms with E-state index in [1.807, 2.05) is 24.3 Å². The summed E-state index contributed by atoms with van der Waals surface area (Å²) in [4.78, 5) is 52.7. The Kier molecular flexibility index (Phi) is 38.9. The van der Waals surface area contributed by atoms with E-state index < -0.39 is 78.4 Å². The lowest BCUT2D eigenvalue weighted by atomic mass is 10.1. The molecule has 0 saturated carbocycles. The fraction of sp³-hybridized carbons (Fsp3) is 0.652. The van der Waals surface area contributed by atoms with E-state index in [4.69, 9.17) is 23.8 Å². The number of rotatable bonds is 41. The number of phosphoric acid groups is 2. The molecule has 0 saturated heterocycles. The number of allylic oxidation sites excluding steroid dienone is 12. The molecule has 0 aliphatic heterocycles. The van der Waals surface area contributed by atoms with Gasteiger partial charge in [0.05, 0.1) is 32.0 Å². The van der Waals surface area contributed by atoms with Gasteiger partial charge in [-0.2, -0.15) is 0 Å². The molecule has 0 aliphatic carbocycles. The Morgan fingerprint density at radius 1 is 0.524 bits per heavy atom. The van der Waals surface area contributed by atoms with Crippen LogP contribution in [0.5, 0.6) is 0 Å². The Morgan fingerprint density at radius 3 is 1.62 bits per heavy atom. The van der Waals surface area contributed by atoms with Crippen LogP contribution in [0.15, 0.2) is 85.1 Å². The van der Waals surface area contributed by atoms with E-state index in [9.17, 15) is 38.9 Å². The van der Waals surface area contributed by atoms with Crippen LogP contribution >= 0.6 is 15.6 Å². The van der Waals surface area contributed by atoms with Crippen molar-refractivity contribution in [3.8, 4) is 0 Å². The Hall–Kier alpha value is -2.78. The molecule has 0 aromatic heterocycles. The van der Waals surface area contributed by atoms with Gasteiger partial charge in [0, 0.05) is 12.8 Å². The maximum Gasteiger partial charge on any atom is 0.472 e. The Balaban J connectivity index is 4.79. The van der Waals surface area contributed by atoms with Crippen molar-refractivity contribution in [3.63, 3.8) is 0 Å². The summed E-state index contributed by atoms with van der Waals surface area (Å²) in [6.45, 7) is 1.33. The van der Waals surface area contributed by atoms with Crippen molar-refractivity contribution in [2.24, 2.45) is 0 Å². The quantitative estimate of drug-likeness (QED) is 0.0110. The lowest BCUT2D eigenvalue weighted by Crippen LogP contribution is -2.30. The monoisotopic (exact) mass is 932 g/mol. The summed E-state index contributed by atoms with van der Waals surface area (Å²) in [5.74, 6) is -1.29. The van der Waals surface area contributed by atoms with Gasteiger partial charge in [-0.15, -0.1) is 0 Å². The van der Waals surface area contributed by atoms with Gasteiger partial charge < -0.3 is 39.5 Å². The smallest absolute Gasteiger partial charge is 0.462 e.